The first-order valence-corrected chi connectivity index (χ1v) is 6.19. The van der Waals surface area contributed by atoms with Crippen LogP contribution in [0.5, 0.6) is 0 Å². The van der Waals surface area contributed by atoms with Gasteiger partial charge in [-0.2, -0.15) is 0 Å². The van der Waals surface area contributed by atoms with Gasteiger partial charge in [0.1, 0.15) is 12.3 Å². The van der Waals surface area contributed by atoms with E-state index in [1.54, 1.807) is 0 Å². The lowest BCUT2D eigenvalue weighted by Gasteiger charge is -2.14. The van der Waals surface area contributed by atoms with Crippen molar-refractivity contribution >= 4 is 12.0 Å². The average Bonchev–Trinajstić information content (AvgIpc) is 2.78. The number of aliphatic hydroxyl groups is 2. The van der Waals surface area contributed by atoms with Gasteiger partial charge in [-0.1, -0.05) is 0 Å². The van der Waals surface area contributed by atoms with Crippen LogP contribution < -0.4 is 17.0 Å². The number of primary amides is 1. The van der Waals surface area contributed by atoms with Crippen molar-refractivity contribution in [1.82, 2.24) is 9.55 Å². The van der Waals surface area contributed by atoms with Crippen LogP contribution in [0, 0.1) is 0 Å². The number of nitrogens with one attached hydrogen (secondary N) is 1. The Kier molecular flexibility index (Phi) is 4.36. The smallest absolute Gasteiger partial charge is 0.330 e. The number of ether oxygens (including phenoxy) is 1. The number of rotatable bonds is 4. The SMILES string of the molecule is NC(=O)C=Cc1cn([C@H]2C[C@H](O)[C@@H](CO)O2)c(=O)[nH]c1=O. The summed E-state index contributed by atoms with van der Waals surface area (Å²) in [5, 5.41) is 18.7. The summed E-state index contributed by atoms with van der Waals surface area (Å²) >= 11 is 0. The maximum absolute atomic E-state index is 11.8. The van der Waals surface area contributed by atoms with Gasteiger partial charge in [0, 0.05) is 18.7 Å². The number of carbonyl (C=O) groups excluding carboxylic acids is 1. The zero-order valence-electron chi connectivity index (χ0n) is 10.9. The van der Waals surface area contributed by atoms with Crippen LogP contribution >= 0.6 is 0 Å². The number of hydrogen-bond acceptors (Lipinski definition) is 6. The van der Waals surface area contributed by atoms with Crippen molar-refractivity contribution in [3.63, 3.8) is 0 Å². The number of aromatic amines is 1. The molecular formula is C12H15N3O6. The highest BCUT2D eigenvalue weighted by molar-refractivity contribution is 5.90. The number of H-pyrrole nitrogens is 1. The number of nitrogens with two attached hydrogens (primary N) is 1. The van der Waals surface area contributed by atoms with Crippen LogP contribution in [0.25, 0.3) is 6.08 Å². The van der Waals surface area contributed by atoms with Crippen molar-refractivity contribution in [1.29, 1.82) is 0 Å². The second-order valence-corrected chi connectivity index (χ2v) is 4.60. The molecule has 2 rings (SSSR count). The molecule has 114 valence electrons. The zero-order chi connectivity index (χ0) is 15.6. The monoisotopic (exact) mass is 297 g/mol. The van der Waals surface area contributed by atoms with E-state index in [9.17, 15) is 19.5 Å². The molecule has 0 bridgehead atoms. The number of carbonyl (C=O) groups is 1. The van der Waals surface area contributed by atoms with E-state index in [0.717, 1.165) is 10.6 Å². The van der Waals surface area contributed by atoms with E-state index >= 15 is 0 Å². The second kappa shape index (κ2) is 6.04. The fourth-order valence-corrected chi connectivity index (χ4v) is 2.06. The van der Waals surface area contributed by atoms with Crippen molar-refractivity contribution in [2.45, 2.75) is 24.9 Å². The maximum Gasteiger partial charge on any atom is 0.330 e. The summed E-state index contributed by atoms with van der Waals surface area (Å²) in [6, 6.07) is 0. The van der Waals surface area contributed by atoms with Gasteiger partial charge in [0.2, 0.25) is 5.91 Å². The summed E-state index contributed by atoms with van der Waals surface area (Å²) in [5.41, 5.74) is 3.59. The van der Waals surface area contributed by atoms with E-state index in [4.69, 9.17) is 15.6 Å². The van der Waals surface area contributed by atoms with Crippen LogP contribution in [-0.4, -0.2) is 44.5 Å². The molecule has 3 atom stereocenters. The van der Waals surface area contributed by atoms with Gasteiger partial charge in [0.15, 0.2) is 0 Å². The molecule has 1 fully saturated rings. The zero-order valence-corrected chi connectivity index (χ0v) is 10.9. The molecule has 0 saturated carbocycles. The molecule has 21 heavy (non-hydrogen) atoms. The third-order valence-corrected chi connectivity index (χ3v) is 3.12. The van der Waals surface area contributed by atoms with Gasteiger partial charge in [-0.3, -0.25) is 19.1 Å². The van der Waals surface area contributed by atoms with Gasteiger partial charge in [-0.05, 0) is 6.08 Å². The van der Waals surface area contributed by atoms with Crippen molar-refractivity contribution in [3.05, 3.63) is 38.7 Å². The highest BCUT2D eigenvalue weighted by Gasteiger charge is 2.35. The van der Waals surface area contributed by atoms with E-state index in [1.807, 2.05) is 0 Å². The Hall–Kier alpha value is -2.23. The highest BCUT2D eigenvalue weighted by atomic mass is 16.5. The first-order valence-electron chi connectivity index (χ1n) is 6.19. The van der Waals surface area contributed by atoms with Crippen LogP contribution in [0.4, 0.5) is 0 Å². The Balaban J connectivity index is 2.37. The molecule has 9 heteroatoms. The minimum Gasteiger partial charge on any atom is -0.394 e. The Bertz CT molecular complexity index is 676. The minimum absolute atomic E-state index is 0.0407. The van der Waals surface area contributed by atoms with Crippen molar-refractivity contribution in [2.24, 2.45) is 5.73 Å². The van der Waals surface area contributed by atoms with Gasteiger partial charge >= 0.3 is 5.69 Å². The van der Waals surface area contributed by atoms with Crippen LogP contribution in [0.3, 0.4) is 0 Å². The molecule has 0 aromatic carbocycles. The Morgan fingerprint density at radius 3 is 2.86 bits per heavy atom. The van der Waals surface area contributed by atoms with Crippen molar-refractivity contribution in [2.75, 3.05) is 6.61 Å². The van der Waals surface area contributed by atoms with Crippen LogP contribution in [0.2, 0.25) is 0 Å². The van der Waals surface area contributed by atoms with Crippen molar-refractivity contribution in [3.8, 4) is 0 Å². The quantitative estimate of drug-likeness (QED) is 0.458. The van der Waals surface area contributed by atoms with E-state index in [0.29, 0.717) is 0 Å². The second-order valence-electron chi connectivity index (χ2n) is 4.60. The van der Waals surface area contributed by atoms with E-state index in [2.05, 4.69) is 4.98 Å². The third kappa shape index (κ3) is 3.27. The van der Waals surface area contributed by atoms with Crippen LogP contribution in [-0.2, 0) is 9.53 Å². The fourth-order valence-electron chi connectivity index (χ4n) is 2.06. The molecule has 1 aliphatic rings. The summed E-state index contributed by atoms with van der Waals surface area (Å²) in [7, 11) is 0. The molecule has 1 amide bonds. The van der Waals surface area contributed by atoms with Crippen molar-refractivity contribution < 1.29 is 19.7 Å². The summed E-state index contributed by atoms with van der Waals surface area (Å²) in [6.45, 7) is -0.385. The predicted molar refractivity (Wildman–Crippen MR) is 71.2 cm³/mol. The molecule has 1 aromatic rings. The minimum atomic E-state index is -0.913. The topological polar surface area (TPSA) is 148 Å². The molecule has 0 unspecified atom stereocenters. The number of nitrogens with zero attached hydrogens (tertiary/aromatic N) is 1. The number of hydrogen-bond donors (Lipinski definition) is 4. The van der Waals surface area contributed by atoms with Gasteiger partial charge in [-0.25, -0.2) is 4.79 Å². The Morgan fingerprint density at radius 2 is 2.29 bits per heavy atom. The average molecular weight is 297 g/mol. The molecule has 9 nitrogen and oxygen atoms in total. The fraction of sp³-hybridized carbons (Fsp3) is 0.417. The molecule has 0 radical (unpaired) electrons. The summed E-state index contributed by atoms with van der Waals surface area (Å²) in [6.07, 6.45) is 0.935. The normalized spacial score (nSPS) is 25.5. The molecule has 2 heterocycles. The lowest BCUT2D eigenvalue weighted by molar-refractivity contribution is -0.113. The number of aromatic nitrogens is 2. The molecular weight excluding hydrogens is 282 g/mol. The van der Waals surface area contributed by atoms with Crippen LogP contribution in [0.1, 0.15) is 18.2 Å². The number of aliphatic hydroxyl groups excluding tert-OH is 2. The molecule has 1 aliphatic heterocycles. The molecule has 1 aromatic heterocycles. The molecule has 0 aliphatic carbocycles. The molecule has 1 saturated heterocycles. The largest absolute Gasteiger partial charge is 0.394 e. The third-order valence-electron chi connectivity index (χ3n) is 3.12. The van der Waals surface area contributed by atoms with Gasteiger partial charge in [-0.15, -0.1) is 0 Å². The van der Waals surface area contributed by atoms with Gasteiger partial charge in [0.25, 0.3) is 5.56 Å². The molecule has 0 spiro atoms. The number of amides is 1. The standard InChI is InChI=1S/C12H15N3O6/c13-9(18)2-1-6-4-15(12(20)14-11(6)19)10-3-7(17)8(5-16)21-10/h1-2,4,7-8,10,16-17H,3,5H2,(H2,13,18)(H,14,19,20)/t7-,8+,10+/m0/s1. The van der Waals surface area contributed by atoms with Crippen LogP contribution in [0.15, 0.2) is 21.9 Å². The highest BCUT2D eigenvalue weighted by Crippen LogP contribution is 2.27. The Morgan fingerprint density at radius 1 is 1.57 bits per heavy atom. The van der Waals surface area contributed by atoms with Gasteiger partial charge in [0.05, 0.1) is 18.3 Å². The summed E-state index contributed by atoms with van der Waals surface area (Å²) in [4.78, 5) is 36.2. The lowest BCUT2D eigenvalue weighted by atomic mass is 10.2. The molecule has 5 N–H and O–H groups in total. The Labute approximate surface area is 118 Å². The first kappa shape index (κ1) is 15.2. The summed E-state index contributed by atoms with van der Waals surface area (Å²) < 4.78 is 6.42. The van der Waals surface area contributed by atoms with E-state index in [1.165, 1.54) is 12.3 Å². The van der Waals surface area contributed by atoms with E-state index < -0.39 is 35.6 Å². The summed E-state index contributed by atoms with van der Waals surface area (Å²) in [5.74, 6) is -0.736. The maximum atomic E-state index is 11.8. The lowest BCUT2D eigenvalue weighted by Crippen LogP contribution is -2.33. The van der Waals surface area contributed by atoms with Gasteiger partial charge < -0.3 is 20.7 Å². The first-order chi connectivity index (χ1) is 9.92. The predicted octanol–water partition coefficient (Wildman–Crippen LogP) is -2.32. The van der Waals surface area contributed by atoms with E-state index in [-0.39, 0.29) is 18.6 Å².